The van der Waals surface area contributed by atoms with Crippen molar-refractivity contribution in [2.24, 2.45) is 0 Å². The molecule has 1 heterocycles. The average molecular weight is 437 g/mol. The zero-order valence-electron chi connectivity index (χ0n) is 16.4. The van der Waals surface area contributed by atoms with E-state index in [1.807, 2.05) is 18.2 Å². The van der Waals surface area contributed by atoms with Gasteiger partial charge < -0.3 is 20.3 Å². The molecule has 166 valence electrons. The Balaban J connectivity index is 0.000000366. The highest BCUT2D eigenvalue weighted by molar-refractivity contribution is 5.89. The molecule has 2 atom stereocenters. The highest BCUT2D eigenvalue weighted by Crippen LogP contribution is 2.32. The summed E-state index contributed by atoms with van der Waals surface area (Å²) in [7, 11) is 0. The molecule has 9 heteroatoms. The van der Waals surface area contributed by atoms with Gasteiger partial charge in [0.05, 0.1) is 5.56 Å². The fourth-order valence-electron chi connectivity index (χ4n) is 3.05. The van der Waals surface area contributed by atoms with Gasteiger partial charge >= 0.3 is 18.1 Å². The molecule has 1 aliphatic rings. The standard InChI is InChI=1S/C18H18F3NO.C4H4O4/c19-18(20,21)14-6-8-15(9-7-14)23-17-10-11-22-12-16(17)13-4-2-1-3-5-13;5-3(6)1-2-4(7)8/h1-9,16-17,22H,10-12H2;1-2H,(H,5,6)(H,7,8)/t16-,17-;/m0./s1. The highest BCUT2D eigenvalue weighted by atomic mass is 19.4. The molecule has 0 saturated carbocycles. The van der Waals surface area contributed by atoms with Crippen LogP contribution in [0.2, 0.25) is 0 Å². The predicted molar refractivity (Wildman–Crippen MR) is 107 cm³/mol. The molecular formula is C22H22F3NO5. The molecule has 0 radical (unpaired) electrons. The first-order valence-electron chi connectivity index (χ1n) is 9.40. The lowest BCUT2D eigenvalue weighted by Crippen LogP contribution is -2.41. The van der Waals surface area contributed by atoms with Crippen LogP contribution in [0.3, 0.4) is 0 Å². The van der Waals surface area contributed by atoms with Gasteiger partial charge in [0.15, 0.2) is 0 Å². The van der Waals surface area contributed by atoms with Crippen molar-refractivity contribution in [3.63, 3.8) is 0 Å². The van der Waals surface area contributed by atoms with Crippen LogP contribution < -0.4 is 10.1 Å². The minimum Gasteiger partial charge on any atom is -0.490 e. The van der Waals surface area contributed by atoms with Crippen LogP contribution >= 0.6 is 0 Å². The van der Waals surface area contributed by atoms with Gasteiger partial charge in [0.1, 0.15) is 11.9 Å². The maximum atomic E-state index is 12.6. The van der Waals surface area contributed by atoms with Gasteiger partial charge in [-0.05, 0) is 42.8 Å². The third-order valence-corrected chi connectivity index (χ3v) is 4.48. The molecule has 2 aromatic carbocycles. The summed E-state index contributed by atoms with van der Waals surface area (Å²) in [5.41, 5.74) is 0.520. The summed E-state index contributed by atoms with van der Waals surface area (Å²) in [4.78, 5) is 19.1. The third-order valence-electron chi connectivity index (χ3n) is 4.48. The topological polar surface area (TPSA) is 95.9 Å². The molecular weight excluding hydrogens is 415 g/mol. The molecule has 1 fully saturated rings. The molecule has 2 aromatic rings. The van der Waals surface area contributed by atoms with Crippen molar-refractivity contribution < 1.29 is 37.7 Å². The van der Waals surface area contributed by atoms with Gasteiger partial charge in [-0.2, -0.15) is 13.2 Å². The number of rotatable bonds is 5. The van der Waals surface area contributed by atoms with E-state index in [0.29, 0.717) is 17.9 Å². The van der Waals surface area contributed by atoms with Crippen LogP contribution in [0.1, 0.15) is 23.5 Å². The Morgan fingerprint density at radius 1 is 0.968 bits per heavy atom. The molecule has 0 aliphatic carbocycles. The number of piperidine rings is 1. The second-order valence-corrected chi connectivity index (χ2v) is 6.70. The smallest absolute Gasteiger partial charge is 0.416 e. The van der Waals surface area contributed by atoms with E-state index in [1.165, 1.54) is 17.7 Å². The average Bonchev–Trinajstić information content (AvgIpc) is 2.73. The Morgan fingerprint density at radius 2 is 1.55 bits per heavy atom. The lowest BCUT2D eigenvalue weighted by molar-refractivity contribution is -0.137. The summed E-state index contributed by atoms with van der Waals surface area (Å²) in [6.07, 6.45) is -2.43. The number of halogens is 3. The lowest BCUT2D eigenvalue weighted by atomic mass is 9.89. The number of carbonyl (C=O) groups is 2. The number of benzene rings is 2. The van der Waals surface area contributed by atoms with Crippen LogP contribution in [-0.4, -0.2) is 41.3 Å². The first kappa shape index (κ1) is 23.9. The van der Waals surface area contributed by atoms with Gasteiger partial charge in [-0.3, -0.25) is 0 Å². The minimum absolute atomic E-state index is 0.0459. The predicted octanol–water partition coefficient (Wildman–Crippen LogP) is 3.94. The van der Waals surface area contributed by atoms with Crippen LogP contribution in [0, 0.1) is 0 Å². The van der Waals surface area contributed by atoms with E-state index >= 15 is 0 Å². The molecule has 0 amide bonds. The summed E-state index contributed by atoms with van der Waals surface area (Å²) in [6, 6.07) is 15.0. The quantitative estimate of drug-likeness (QED) is 0.614. The Hall–Kier alpha value is -3.33. The summed E-state index contributed by atoms with van der Waals surface area (Å²) in [6.45, 7) is 1.64. The number of alkyl halides is 3. The van der Waals surface area contributed by atoms with E-state index in [0.717, 1.165) is 31.6 Å². The Bertz CT molecular complexity index is 866. The SMILES string of the molecule is FC(F)(F)c1ccc(O[C@H]2CCNC[C@H]2c2ccccc2)cc1.O=C(O)C=CC(=O)O. The van der Waals surface area contributed by atoms with Crippen LogP contribution in [0.15, 0.2) is 66.7 Å². The van der Waals surface area contributed by atoms with Crippen molar-refractivity contribution in [2.75, 3.05) is 13.1 Å². The molecule has 1 aliphatic heterocycles. The van der Waals surface area contributed by atoms with Crippen LogP contribution in [0.25, 0.3) is 0 Å². The van der Waals surface area contributed by atoms with Crippen molar-refractivity contribution in [3.8, 4) is 5.75 Å². The fourth-order valence-corrected chi connectivity index (χ4v) is 3.05. The zero-order valence-corrected chi connectivity index (χ0v) is 16.4. The van der Waals surface area contributed by atoms with E-state index in [4.69, 9.17) is 14.9 Å². The van der Waals surface area contributed by atoms with Gasteiger partial charge in [0.25, 0.3) is 0 Å². The maximum absolute atomic E-state index is 12.6. The first-order valence-corrected chi connectivity index (χ1v) is 9.40. The largest absolute Gasteiger partial charge is 0.490 e. The van der Waals surface area contributed by atoms with Gasteiger partial charge in [-0.15, -0.1) is 0 Å². The van der Waals surface area contributed by atoms with E-state index in [9.17, 15) is 22.8 Å². The van der Waals surface area contributed by atoms with Gasteiger partial charge in [-0.1, -0.05) is 30.3 Å². The van der Waals surface area contributed by atoms with E-state index < -0.39 is 23.7 Å². The Labute approximate surface area is 177 Å². The third kappa shape index (κ3) is 8.13. The number of carboxylic acids is 2. The number of hydrogen-bond donors (Lipinski definition) is 3. The number of hydrogen-bond acceptors (Lipinski definition) is 4. The van der Waals surface area contributed by atoms with Crippen molar-refractivity contribution in [2.45, 2.75) is 24.6 Å². The second-order valence-electron chi connectivity index (χ2n) is 6.70. The summed E-state index contributed by atoms with van der Waals surface area (Å²) in [5.74, 6) is -1.85. The van der Waals surface area contributed by atoms with Crippen molar-refractivity contribution >= 4 is 11.9 Å². The summed E-state index contributed by atoms with van der Waals surface area (Å²) < 4.78 is 43.8. The van der Waals surface area contributed by atoms with E-state index in [1.54, 1.807) is 0 Å². The molecule has 3 rings (SSSR count). The van der Waals surface area contributed by atoms with Gasteiger partial charge in [-0.25, -0.2) is 9.59 Å². The van der Waals surface area contributed by atoms with Crippen LogP contribution in [-0.2, 0) is 15.8 Å². The molecule has 3 N–H and O–H groups in total. The van der Waals surface area contributed by atoms with Gasteiger partial charge in [0, 0.05) is 24.6 Å². The maximum Gasteiger partial charge on any atom is 0.416 e. The van der Waals surface area contributed by atoms with E-state index in [-0.39, 0.29) is 12.0 Å². The monoisotopic (exact) mass is 437 g/mol. The highest BCUT2D eigenvalue weighted by Gasteiger charge is 2.31. The number of ether oxygens (including phenoxy) is 1. The van der Waals surface area contributed by atoms with Crippen molar-refractivity contribution in [1.29, 1.82) is 0 Å². The molecule has 0 aromatic heterocycles. The number of aliphatic carboxylic acids is 2. The number of nitrogens with one attached hydrogen (secondary N) is 1. The first-order chi connectivity index (χ1) is 14.7. The summed E-state index contributed by atoms with van der Waals surface area (Å²) >= 11 is 0. The molecule has 0 bridgehead atoms. The molecule has 1 saturated heterocycles. The normalized spacial score (nSPS) is 18.7. The second kappa shape index (κ2) is 11.2. The van der Waals surface area contributed by atoms with Crippen LogP contribution in [0.5, 0.6) is 5.75 Å². The van der Waals surface area contributed by atoms with Crippen molar-refractivity contribution in [1.82, 2.24) is 5.32 Å². The Kier molecular flexibility index (Phi) is 8.63. The molecule has 31 heavy (non-hydrogen) atoms. The van der Waals surface area contributed by atoms with Gasteiger partial charge in [0.2, 0.25) is 0 Å². The molecule has 0 unspecified atom stereocenters. The fraction of sp³-hybridized carbons (Fsp3) is 0.273. The summed E-state index contributed by atoms with van der Waals surface area (Å²) in [5, 5.41) is 19.0. The zero-order chi connectivity index (χ0) is 22.9. The van der Waals surface area contributed by atoms with E-state index in [2.05, 4.69) is 17.4 Å². The lowest BCUT2D eigenvalue weighted by Gasteiger charge is -2.33. The molecule has 0 spiro atoms. The Morgan fingerprint density at radius 3 is 2.06 bits per heavy atom. The number of carboxylic acid groups (broad SMARTS) is 2. The van der Waals surface area contributed by atoms with Crippen molar-refractivity contribution in [3.05, 3.63) is 77.9 Å². The molecule has 6 nitrogen and oxygen atoms in total. The minimum atomic E-state index is -4.32. The van der Waals surface area contributed by atoms with Crippen LogP contribution in [0.4, 0.5) is 13.2 Å².